The molecule has 0 aromatic heterocycles. The van der Waals surface area contributed by atoms with Gasteiger partial charge >= 0.3 is 39.5 Å². The number of unbranched alkanes of at least 4 members (excludes halogenated alkanes) is 44. The number of aliphatic hydroxyl groups excluding tert-OH is 1. The SMILES string of the molecule is CCCCCCCCCCCCCCCCCCCC(=O)O[C@H](COC(=O)CCCCCCCCCCCCCCCC(C)C)COP(=O)(O)OC[C@@H](O)COP(=O)(O)OC[C@@H](COC(=O)CCCCCCCCCC(C)C)OC(=O)CCCCCCCCCCCCCC(C)C. The summed E-state index contributed by atoms with van der Waals surface area (Å²) in [7, 11) is -9.92. The van der Waals surface area contributed by atoms with Crippen LogP contribution in [0.5, 0.6) is 0 Å². The van der Waals surface area contributed by atoms with Crippen molar-refractivity contribution in [1.82, 2.24) is 0 Å². The Morgan fingerprint density at radius 2 is 0.474 bits per heavy atom. The molecule has 2 unspecified atom stereocenters. The van der Waals surface area contributed by atoms with Gasteiger partial charge in [-0.05, 0) is 43.4 Å². The van der Waals surface area contributed by atoms with Gasteiger partial charge in [0.15, 0.2) is 12.2 Å². The van der Waals surface area contributed by atoms with E-state index in [1.165, 1.54) is 205 Å². The molecule has 3 N–H and O–H groups in total. The lowest BCUT2D eigenvalue weighted by Gasteiger charge is -2.21. The van der Waals surface area contributed by atoms with Gasteiger partial charge < -0.3 is 33.8 Å². The molecule has 0 bridgehead atoms. The van der Waals surface area contributed by atoms with E-state index in [0.29, 0.717) is 31.6 Å². The molecule has 0 aromatic carbocycles. The van der Waals surface area contributed by atoms with Crippen molar-refractivity contribution in [2.45, 2.75) is 420 Å². The van der Waals surface area contributed by atoms with Crippen LogP contribution in [0.2, 0.25) is 0 Å². The predicted molar refractivity (Wildman–Crippen MR) is 395 cm³/mol. The van der Waals surface area contributed by atoms with E-state index in [-0.39, 0.29) is 25.7 Å². The molecule has 97 heavy (non-hydrogen) atoms. The van der Waals surface area contributed by atoms with Crippen LogP contribution in [0, 0.1) is 17.8 Å². The first kappa shape index (κ1) is 95.1. The number of carbonyl (C=O) groups is 4. The average molecular weight is 1420 g/mol. The van der Waals surface area contributed by atoms with E-state index in [2.05, 4.69) is 48.5 Å². The Kier molecular flexibility index (Phi) is 67.1. The minimum atomic E-state index is -4.96. The molecule has 0 aromatic rings. The highest BCUT2D eigenvalue weighted by Gasteiger charge is 2.30. The lowest BCUT2D eigenvalue weighted by Crippen LogP contribution is -2.30. The lowest BCUT2D eigenvalue weighted by atomic mass is 10.0. The Morgan fingerprint density at radius 3 is 0.701 bits per heavy atom. The molecule has 0 aliphatic heterocycles. The Bertz CT molecular complexity index is 1890. The largest absolute Gasteiger partial charge is 0.472 e. The van der Waals surface area contributed by atoms with E-state index in [9.17, 15) is 43.2 Å². The van der Waals surface area contributed by atoms with Crippen LogP contribution < -0.4 is 0 Å². The van der Waals surface area contributed by atoms with Gasteiger partial charge in [-0.3, -0.25) is 37.3 Å². The fraction of sp³-hybridized carbons (Fsp3) is 0.949. The van der Waals surface area contributed by atoms with Crippen LogP contribution in [0.4, 0.5) is 0 Å². The number of hydrogen-bond acceptors (Lipinski definition) is 15. The summed E-state index contributed by atoms with van der Waals surface area (Å²) in [4.78, 5) is 72.9. The van der Waals surface area contributed by atoms with Crippen LogP contribution in [0.15, 0.2) is 0 Å². The highest BCUT2D eigenvalue weighted by molar-refractivity contribution is 7.47. The Labute approximate surface area is 594 Å². The molecule has 0 aliphatic carbocycles. The first-order valence-corrected chi connectivity index (χ1v) is 43.3. The number of ether oxygens (including phenoxy) is 4. The van der Waals surface area contributed by atoms with E-state index in [1.807, 2.05) is 0 Å². The third-order valence-electron chi connectivity index (χ3n) is 18.1. The van der Waals surface area contributed by atoms with E-state index in [1.54, 1.807) is 0 Å². The van der Waals surface area contributed by atoms with Gasteiger partial charge in [-0.1, -0.05) is 350 Å². The summed E-state index contributed by atoms with van der Waals surface area (Å²) >= 11 is 0. The number of esters is 4. The van der Waals surface area contributed by atoms with Crippen molar-refractivity contribution in [3.05, 3.63) is 0 Å². The third kappa shape index (κ3) is 72.2. The summed E-state index contributed by atoms with van der Waals surface area (Å²) in [5.41, 5.74) is 0. The van der Waals surface area contributed by atoms with Crippen molar-refractivity contribution in [3.63, 3.8) is 0 Å². The third-order valence-corrected chi connectivity index (χ3v) is 20.0. The number of hydrogen-bond donors (Lipinski definition) is 3. The molecule has 0 saturated carbocycles. The number of aliphatic hydroxyl groups is 1. The van der Waals surface area contributed by atoms with Gasteiger partial charge in [0.05, 0.1) is 26.4 Å². The molecular weight excluding hydrogens is 1270 g/mol. The summed E-state index contributed by atoms with van der Waals surface area (Å²) in [6, 6.07) is 0. The second kappa shape index (κ2) is 68.5. The van der Waals surface area contributed by atoms with Crippen LogP contribution in [-0.2, 0) is 65.4 Å². The number of carbonyl (C=O) groups excluding carboxylic acids is 4. The molecule has 0 fully saturated rings. The van der Waals surface area contributed by atoms with Crippen LogP contribution in [0.25, 0.3) is 0 Å². The van der Waals surface area contributed by atoms with Crippen molar-refractivity contribution < 1.29 is 80.2 Å². The molecular formula is C78H152O17P2. The lowest BCUT2D eigenvalue weighted by molar-refractivity contribution is -0.161. The van der Waals surface area contributed by atoms with Gasteiger partial charge in [0.1, 0.15) is 19.3 Å². The van der Waals surface area contributed by atoms with Gasteiger partial charge in [-0.2, -0.15) is 0 Å². The van der Waals surface area contributed by atoms with Crippen molar-refractivity contribution in [2.75, 3.05) is 39.6 Å². The Hall–Kier alpha value is -1.94. The van der Waals surface area contributed by atoms with Crippen molar-refractivity contribution in [1.29, 1.82) is 0 Å². The highest BCUT2D eigenvalue weighted by atomic mass is 31.2. The summed E-state index contributed by atoms with van der Waals surface area (Å²) in [6.45, 7) is 11.9. The summed E-state index contributed by atoms with van der Waals surface area (Å²) in [6.07, 6.45) is 55.5. The maximum absolute atomic E-state index is 13.1. The van der Waals surface area contributed by atoms with Crippen molar-refractivity contribution in [2.24, 2.45) is 17.8 Å². The minimum absolute atomic E-state index is 0.106. The molecule has 0 radical (unpaired) electrons. The molecule has 576 valence electrons. The minimum Gasteiger partial charge on any atom is -0.462 e. The van der Waals surface area contributed by atoms with Gasteiger partial charge in [0.25, 0.3) is 0 Å². The molecule has 0 spiro atoms. The molecule has 0 saturated heterocycles. The number of phosphoric ester groups is 2. The average Bonchev–Trinajstić information content (AvgIpc) is 1.12. The van der Waals surface area contributed by atoms with Gasteiger partial charge in [-0.15, -0.1) is 0 Å². The maximum Gasteiger partial charge on any atom is 0.472 e. The first-order valence-electron chi connectivity index (χ1n) is 40.3. The van der Waals surface area contributed by atoms with E-state index in [4.69, 9.17) is 37.0 Å². The molecule has 0 rings (SSSR count). The molecule has 0 amide bonds. The maximum atomic E-state index is 13.1. The van der Waals surface area contributed by atoms with Gasteiger partial charge in [0.2, 0.25) is 0 Å². The fourth-order valence-electron chi connectivity index (χ4n) is 12.0. The van der Waals surface area contributed by atoms with E-state index >= 15 is 0 Å². The number of phosphoric acid groups is 2. The fourth-order valence-corrected chi connectivity index (χ4v) is 13.5. The molecule has 17 nitrogen and oxygen atoms in total. The second-order valence-corrected chi connectivity index (χ2v) is 32.4. The van der Waals surface area contributed by atoms with Gasteiger partial charge in [-0.25, -0.2) is 9.13 Å². The van der Waals surface area contributed by atoms with Crippen LogP contribution >= 0.6 is 15.6 Å². The normalized spacial score (nSPS) is 14.0. The summed E-state index contributed by atoms with van der Waals surface area (Å²) in [5.74, 6) is 0.146. The highest BCUT2D eigenvalue weighted by Crippen LogP contribution is 2.45. The van der Waals surface area contributed by atoms with Crippen LogP contribution in [0.3, 0.4) is 0 Å². The quantitative estimate of drug-likeness (QED) is 0.0222. The van der Waals surface area contributed by atoms with Crippen molar-refractivity contribution >= 4 is 39.5 Å². The zero-order valence-electron chi connectivity index (χ0n) is 63.5. The standard InChI is InChI=1S/C78H152O17P2/c1-8-9-10-11-12-13-14-15-16-17-18-21-27-32-39-47-54-61-77(82)94-73(65-88-75(80)59-52-45-38-31-26-22-19-20-24-29-35-42-49-56-69(2)3)67-92-96(84,85)90-63-72(79)64-91-97(86,87)93-68-74(66-89-76(81)60-53-46-41-34-37-44-51-58-71(6)7)95-78(83)62-55-48-40-33-28-23-25-30-36-43-50-57-70(4)5/h69-74,79H,8-68H2,1-7H3,(H,84,85)(H,86,87)/t72-,73-,74-/m1/s1. The Balaban J connectivity index is 5.25. The van der Waals surface area contributed by atoms with Crippen LogP contribution in [0.1, 0.15) is 402 Å². The molecule has 5 atom stereocenters. The van der Waals surface area contributed by atoms with E-state index in [0.717, 1.165) is 108 Å². The van der Waals surface area contributed by atoms with Crippen LogP contribution in [-0.4, -0.2) is 96.7 Å². The zero-order chi connectivity index (χ0) is 71.6. The monoisotopic (exact) mass is 1420 g/mol. The molecule has 0 aliphatic rings. The predicted octanol–water partition coefficient (Wildman–Crippen LogP) is 23.0. The first-order chi connectivity index (χ1) is 46.7. The summed E-state index contributed by atoms with van der Waals surface area (Å²) in [5, 5.41) is 10.6. The van der Waals surface area contributed by atoms with E-state index < -0.39 is 97.5 Å². The second-order valence-electron chi connectivity index (χ2n) is 29.5. The Morgan fingerprint density at radius 1 is 0.278 bits per heavy atom. The van der Waals surface area contributed by atoms with Gasteiger partial charge in [0, 0.05) is 25.7 Å². The smallest absolute Gasteiger partial charge is 0.462 e. The topological polar surface area (TPSA) is 237 Å². The summed E-state index contributed by atoms with van der Waals surface area (Å²) < 4.78 is 68.6. The van der Waals surface area contributed by atoms with Crippen molar-refractivity contribution in [3.8, 4) is 0 Å². The molecule has 0 heterocycles. The molecule has 19 heteroatoms. The zero-order valence-corrected chi connectivity index (χ0v) is 65.3. The number of rotatable bonds is 76.